The monoisotopic (exact) mass is 260 g/mol. The summed E-state index contributed by atoms with van der Waals surface area (Å²) in [6, 6.07) is 8.77. The second-order valence-corrected chi connectivity index (χ2v) is 4.27. The largest absolute Gasteiger partial charge is 0.489 e. The summed E-state index contributed by atoms with van der Waals surface area (Å²) in [5.74, 6) is -0.338. The van der Waals surface area contributed by atoms with Gasteiger partial charge in [-0.2, -0.15) is 0 Å². The van der Waals surface area contributed by atoms with Gasteiger partial charge in [0.1, 0.15) is 23.9 Å². The number of carbonyl (C=O) groups is 1. The van der Waals surface area contributed by atoms with Gasteiger partial charge >= 0.3 is 5.97 Å². The maximum atomic E-state index is 10.9. The molecule has 1 heterocycles. The molecule has 0 aliphatic heterocycles. The summed E-state index contributed by atoms with van der Waals surface area (Å²) in [6.45, 7) is 1.96. The van der Waals surface area contributed by atoms with Crippen LogP contribution in [0.25, 0.3) is 10.9 Å². The Kier molecular flexibility index (Phi) is 3.97. The van der Waals surface area contributed by atoms with E-state index < -0.39 is 12.0 Å². The zero-order valence-electron chi connectivity index (χ0n) is 10.9. The highest BCUT2D eigenvalue weighted by Gasteiger charge is 2.16. The van der Waals surface area contributed by atoms with Gasteiger partial charge in [-0.25, -0.2) is 4.98 Å². The highest BCUT2D eigenvalue weighted by Crippen LogP contribution is 2.23. The summed E-state index contributed by atoms with van der Waals surface area (Å²) in [5.41, 5.74) is 1.65. The topological polar surface area (TPSA) is 71.5 Å². The lowest BCUT2D eigenvalue weighted by Crippen LogP contribution is -2.39. The van der Waals surface area contributed by atoms with E-state index in [1.54, 1.807) is 13.1 Å². The maximum Gasteiger partial charge on any atom is 0.324 e. The van der Waals surface area contributed by atoms with Crippen LogP contribution in [0, 0.1) is 6.92 Å². The molecule has 5 heteroatoms. The molecule has 0 saturated carbocycles. The van der Waals surface area contributed by atoms with Gasteiger partial charge < -0.3 is 15.2 Å². The van der Waals surface area contributed by atoms with Crippen molar-refractivity contribution >= 4 is 16.9 Å². The third-order valence-electron chi connectivity index (χ3n) is 2.87. The molecule has 0 aliphatic carbocycles. The number of hydrogen-bond donors (Lipinski definition) is 2. The number of benzene rings is 1. The molecule has 100 valence electrons. The van der Waals surface area contributed by atoms with Crippen LogP contribution in [0.3, 0.4) is 0 Å². The van der Waals surface area contributed by atoms with Crippen molar-refractivity contribution in [2.45, 2.75) is 13.0 Å². The second kappa shape index (κ2) is 5.67. The molecule has 1 unspecified atom stereocenters. The van der Waals surface area contributed by atoms with Gasteiger partial charge in [-0.15, -0.1) is 0 Å². The Morgan fingerprint density at radius 1 is 1.42 bits per heavy atom. The smallest absolute Gasteiger partial charge is 0.324 e. The fourth-order valence-electron chi connectivity index (χ4n) is 1.79. The molecule has 5 nitrogen and oxygen atoms in total. The van der Waals surface area contributed by atoms with Gasteiger partial charge in [0, 0.05) is 11.1 Å². The van der Waals surface area contributed by atoms with Crippen LogP contribution in [0.5, 0.6) is 5.75 Å². The Balaban J connectivity index is 2.25. The van der Waals surface area contributed by atoms with Crippen LogP contribution in [0.1, 0.15) is 5.69 Å². The molecule has 2 aromatic rings. The molecule has 0 saturated heterocycles. The van der Waals surface area contributed by atoms with E-state index in [-0.39, 0.29) is 6.61 Å². The van der Waals surface area contributed by atoms with Crippen LogP contribution < -0.4 is 10.1 Å². The van der Waals surface area contributed by atoms with Crippen molar-refractivity contribution in [2.24, 2.45) is 0 Å². The van der Waals surface area contributed by atoms with Gasteiger partial charge in [-0.1, -0.05) is 18.2 Å². The first kappa shape index (κ1) is 13.3. The first-order valence-electron chi connectivity index (χ1n) is 6.01. The average molecular weight is 260 g/mol. The van der Waals surface area contributed by atoms with Crippen LogP contribution in [0.4, 0.5) is 0 Å². The summed E-state index contributed by atoms with van der Waals surface area (Å²) in [7, 11) is 1.59. The summed E-state index contributed by atoms with van der Waals surface area (Å²) in [4.78, 5) is 15.3. The predicted octanol–water partition coefficient (Wildman–Crippen LogP) is 1.59. The summed E-state index contributed by atoms with van der Waals surface area (Å²) in [5, 5.41) is 12.6. The van der Waals surface area contributed by atoms with Crippen molar-refractivity contribution in [2.75, 3.05) is 13.7 Å². The van der Waals surface area contributed by atoms with Gasteiger partial charge in [-0.3, -0.25) is 4.79 Å². The van der Waals surface area contributed by atoms with E-state index in [9.17, 15) is 4.79 Å². The number of aromatic nitrogens is 1. The van der Waals surface area contributed by atoms with E-state index in [1.807, 2.05) is 31.2 Å². The third kappa shape index (κ3) is 3.00. The highest BCUT2D eigenvalue weighted by molar-refractivity contribution is 5.84. The number of aliphatic carboxylic acids is 1. The number of nitrogens with zero attached hydrogens (tertiary/aromatic N) is 1. The van der Waals surface area contributed by atoms with E-state index in [1.165, 1.54) is 0 Å². The van der Waals surface area contributed by atoms with Crippen molar-refractivity contribution in [1.29, 1.82) is 0 Å². The lowest BCUT2D eigenvalue weighted by molar-refractivity contribution is -0.140. The fraction of sp³-hybridized carbons (Fsp3) is 0.286. The molecule has 0 bridgehead atoms. The Morgan fingerprint density at radius 2 is 2.21 bits per heavy atom. The quantitative estimate of drug-likeness (QED) is 0.854. The number of rotatable bonds is 5. The van der Waals surface area contributed by atoms with Crippen LogP contribution in [-0.2, 0) is 4.79 Å². The van der Waals surface area contributed by atoms with Gasteiger partial charge in [0.25, 0.3) is 0 Å². The van der Waals surface area contributed by atoms with E-state index in [4.69, 9.17) is 9.84 Å². The number of likely N-dealkylation sites (N-methyl/N-ethyl adjacent to an activating group) is 1. The molecule has 19 heavy (non-hydrogen) atoms. The molecule has 0 amide bonds. The molecule has 0 radical (unpaired) electrons. The van der Waals surface area contributed by atoms with Gasteiger partial charge in [0.05, 0.1) is 0 Å². The molecule has 0 aliphatic rings. The summed E-state index contributed by atoms with van der Waals surface area (Å²) >= 11 is 0. The van der Waals surface area contributed by atoms with Crippen molar-refractivity contribution in [3.8, 4) is 5.75 Å². The zero-order chi connectivity index (χ0) is 13.8. The molecule has 1 aromatic carbocycles. The number of carboxylic acids is 1. The SMILES string of the molecule is CNC(COc1cccc2ccc(C)nc12)C(=O)O. The number of carboxylic acid groups (broad SMARTS) is 1. The Hall–Kier alpha value is -2.14. The molecule has 2 N–H and O–H groups in total. The minimum absolute atomic E-state index is 0.0561. The minimum atomic E-state index is -0.938. The fourth-order valence-corrected chi connectivity index (χ4v) is 1.79. The van der Waals surface area contributed by atoms with Crippen molar-refractivity contribution in [3.05, 3.63) is 36.0 Å². The zero-order valence-corrected chi connectivity index (χ0v) is 10.9. The number of nitrogens with one attached hydrogen (secondary N) is 1. The number of aryl methyl sites for hydroxylation is 1. The number of hydrogen-bond acceptors (Lipinski definition) is 4. The number of pyridine rings is 1. The van der Waals surface area contributed by atoms with Crippen LogP contribution in [0.15, 0.2) is 30.3 Å². The van der Waals surface area contributed by atoms with Crippen LogP contribution >= 0.6 is 0 Å². The number of para-hydroxylation sites is 1. The third-order valence-corrected chi connectivity index (χ3v) is 2.87. The van der Waals surface area contributed by atoms with Crippen LogP contribution in [0.2, 0.25) is 0 Å². The number of fused-ring (bicyclic) bond motifs is 1. The summed E-state index contributed by atoms with van der Waals surface area (Å²) in [6.07, 6.45) is 0. The van der Waals surface area contributed by atoms with E-state index in [0.29, 0.717) is 5.75 Å². The van der Waals surface area contributed by atoms with Crippen molar-refractivity contribution < 1.29 is 14.6 Å². The molecule has 0 fully saturated rings. The number of ether oxygens (including phenoxy) is 1. The normalized spacial score (nSPS) is 12.3. The first-order valence-corrected chi connectivity index (χ1v) is 6.01. The molecule has 0 spiro atoms. The van der Waals surface area contributed by atoms with Gasteiger partial charge in [-0.05, 0) is 26.1 Å². The molecular formula is C14H16N2O3. The van der Waals surface area contributed by atoms with Gasteiger partial charge in [0.15, 0.2) is 0 Å². The molecule has 1 aromatic heterocycles. The van der Waals surface area contributed by atoms with E-state index >= 15 is 0 Å². The first-order chi connectivity index (χ1) is 9.11. The average Bonchev–Trinajstić information content (AvgIpc) is 2.39. The highest BCUT2D eigenvalue weighted by atomic mass is 16.5. The molecule has 1 atom stereocenters. The van der Waals surface area contributed by atoms with Crippen molar-refractivity contribution in [3.63, 3.8) is 0 Å². The second-order valence-electron chi connectivity index (χ2n) is 4.27. The van der Waals surface area contributed by atoms with E-state index in [0.717, 1.165) is 16.6 Å². The van der Waals surface area contributed by atoms with Crippen molar-refractivity contribution in [1.82, 2.24) is 10.3 Å². The Morgan fingerprint density at radius 3 is 2.89 bits per heavy atom. The lowest BCUT2D eigenvalue weighted by Gasteiger charge is -2.14. The van der Waals surface area contributed by atoms with Crippen LogP contribution in [-0.4, -0.2) is 35.8 Å². The molecule has 2 rings (SSSR count). The Labute approximate surface area is 111 Å². The predicted molar refractivity (Wildman–Crippen MR) is 72.5 cm³/mol. The molecular weight excluding hydrogens is 244 g/mol. The Bertz CT molecular complexity index is 598. The van der Waals surface area contributed by atoms with E-state index in [2.05, 4.69) is 10.3 Å². The standard InChI is InChI=1S/C14H16N2O3/c1-9-6-7-10-4-3-5-12(13(10)16-9)19-8-11(15-2)14(17)18/h3-7,11,15H,8H2,1-2H3,(H,17,18). The summed E-state index contributed by atoms with van der Waals surface area (Å²) < 4.78 is 5.58. The lowest BCUT2D eigenvalue weighted by atomic mass is 10.2. The van der Waals surface area contributed by atoms with Gasteiger partial charge in [0.2, 0.25) is 0 Å². The maximum absolute atomic E-state index is 10.9. The minimum Gasteiger partial charge on any atom is -0.489 e.